The minimum absolute atomic E-state index is 0.140. The van der Waals surface area contributed by atoms with Crippen molar-refractivity contribution in [2.45, 2.75) is 31.1 Å². The molecule has 2 aromatic heterocycles. The summed E-state index contributed by atoms with van der Waals surface area (Å²) >= 11 is 1.76. The van der Waals surface area contributed by atoms with Gasteiger partial charge in [-0.15, -0.1) is 11.3 Å². The van der Waals surface area contributed by atoms with Gasteiger partial charge in [-0.25, -0.2) is 4.98 Å². The summed E-state index contributed by atoms with van der Waals surface area (Å²) in [7, 11) is 0. The van der Waals surface area contributed by atoms with Crippen molar-refractivity contribution in [1.82, 2.24) is 14.8 Å². The molecule has 0 saturated carbocycles. The molecule has 2 atom stereocenters. The third-order valence-electron chi connectivity index (χ3n) is 7.45. The minimum Gasteiger partial charge on any atom is -0.351 e. The van der Waals surface area contributed by atoms with Gasteiger partial charge in [-0.05, 0) is 52.9 Å². The molecule has 1 amide bonds. The number of aromatic nitrogens is 1. The number of hydrogen-bond donors (Lipinski definition) is 0. The smallest absolute Gasteiger partial charge is 0.351 e. The summed E-state index contributed by atoms with van der Waals surface area (Å²) < 4.78 is 39.8. The van der Waals surface area contributed by atoms with Gasteiger partial charge in [0, 0.05) is 49.2 Å². The molecule has 2 fully saturated rings. The Kier molecular flexibility index (Phi) is 5.56. The molecule has 5 nitrogen and oxygen atoms in total. The Bertz CT molecular complexity index is 1290. The number of carbonyl (C=O) groups excluding carboxylic acids is 1. The molecule has 3 aliphatic heterocycles. The fourth-order valence-electron chi connectivity index (χ4n) is 5.61. The van der Waals surface area contributed by atoms with Crippen LogP contribution >= 0.6 is 11.3 Å². The van der Waals surface area contributed by atoms with Crippen LogP contribution in [0.25, 0.3) is 15.7 Å². The molecule has 0 spiro atoms. The van der Waals surface area contributed by atoms with Crippen molar-refractivity contribution in [3.05, 3.63) is 65.2 Å². The Hall–Kier alpha value is -2.91. The standard InChI is InChI=1S/C26H25F3N4OS/c27-26(28,29)19-4-5-23(30-13-19)33-15-20-12-21(33)14-32(20)16-24(34)31-9-6-17(7-10-31)22-3-1-2-18-8-11-35-25(18)22/h1-6,8,11,13,20-21H,7,9-10,12,14-16H2. The van der Waals surface area contributed by atoms with E-state index in [2.05, 4.69) is 50.5 Å². The lowest BCUT2D eigenvalue weighted by Gasteiger charge is -2.36. The number of benzene rings is 1. The molecule has 0 N–H and O–H groups in total. The Morgan fingerprint density at radius 3 is 2.69 bits per heavy atom. The van der Waals surface area contributed by atoms with E-state index in [-0.39, 0.29) is 18.0 Å². The highest BCUT2D eigenvalue weighted by Crippen LogP contribution is 2.36. The Morgan fingerprint density at radius 2 is 2.00 bits per heavy atom. The Balaban J connectivity index is 1.06. The van der Waals surface area contributed by atoms with Gasteiger partial charge in [0.1, 0.15) is 5.82 Å². The zero-order valence-corrected chi connectivity index (χ0v) is 19.9. The number of alkyl halides is 3. The predicted molar refractivity (Wildman–Crippen MR) is 131 cm³/mol. The highest BCUT2D eigenvalue weighted by Gasteiger charge is 2.44. The van der Waals surface area contributed by atoms with Crippen LogP contribution in [0.4, 0.5) is 19.0 Å². The van der Waals surface area contributed by atoms with Crippen LogP contribution in [0.5, 0.6) is 0 Å². The Morgan fingerprint density at radius 1 is 1.11 bits per heavy atom. The average molecular weight is 499 g/mol. The zero-order chi connectivity index (χ0) is 24.2. The Labute approximate surface area is 205 Å². The van der Waals surface area contributed by atoms with Gasteiger partial charge in [-0.1, -0.05) is 24.3 Å². The SMILES string of the molecule is O=C(CN1CC2CC1CN2c1ccc(C(F)(F)F)cn1)N1CC=C(c2cccc3ccsc23)CC1. The molecule has 9 heteroatoms. The molecule has 2 saturated heterocycles. The number of piperazine rings is 1. The van der Waals surface area contributed by atoms with Gasteiger partial charge in [0.25, 0.3) is 0 Å². The van der Waals surface area contributed by atoms with Gasteiger partial charge in [-0.2, -0.15) is 13.2 Å². The number of amides is 1. The fraction of sp³-hybridized carbons (Fsp3) is 0.385. The summed E-state index contributed by atoms with van der Waals surface area (Å²) in [6.45, 7) is 3.15. The van der Waals surface area contributed by atoms with Gasteiger partial charge in [0.15, 0.2) is 0 Å². The lowest BCUT2D eigenvalue weighted by atomic mass is 9.98. The van der Waals surface area contributed by atoms with E-state index < -0.39 is 11.7 Å². The van der Waals surface area contributed by atoms with Crippen LogP contribution in [0.3, 0.4) is 0 Å². The normalized spacial score (nSPS) is 22.8. The number of fused-ring (bicyclic) bond motifs is 3. The topological polar surface area (TPSA) is 39.7 Å². The van der Waals surface area contributed by atoms with Crippen molar-refractivity contribution in [3.63, 3.8) is 0 Å². The van der Waals surface area contributed by atoms with Gasteiger partial charge < -0.3 is 9.80 Å². The second kappa shape index (κ2) is 8.64. The molecular weight excluding hydrogens is 473 g/mol. The first-order valence-electron chi connectivity index (χ1n) is 11.8. The second-order valence-corrected chi connectivity index (χ2v) is 10.4. The first-order valence-corrected chi connectivity index (χ1v) is 12.7. The van der Waals surface area contributed by atoms with E-state index in [1.54, 1.807) is 11.3 Å². The predicted octanol–water partition coefficient (Wildman–Crippen LogP) is 4.89. The van der Waals surface area contributed by atoms with Crippen LogP contribution in [-0.2, 0) is 11.0 Å². The van der Waals surface area contributed by atoms with E-state index in [0.717, 1.165) is 38.2 Å². The lowest BCUT2D eigenvalue weighted by molar-refractivity contribution is -0.137. The molecule has 2 unspecified atom stereocenters. The number of anilines is 1. The molecule has 0 aliphatic carbocycles. The quantitative estimate of drug-likeness (QED) is 0.514. The van der Waals surface area contributed by atoms with Crippen molar-refractivity contribution in [1.29, 1.82) is 0 Å². The first-order chi connectivity index (χ1) is 16.9. The van der Waals surface area contributed by atoms with Crippen LogP contribution in [0.2, 0.25) is 0 Å². The molecule has 2 bridgehead atoms. The number of pyridine rings is 1. The van der Waals surface area contributed by atoms with E-state index in [9.17, 15) is 18.0 Å². The number of thiophene rings is 1. The summed E-state index contributed by atoms with van der Waals surface area (Å²) in [5, 5.41) is 3.38. The maximum absolute atomic E-state index is 13.1. The maximum Gasteiger partial charge on any atom is 0.417 e. The molecule has 0 radical (unpaired) electrons. The fourth-order valence-corrected chi connectivity index (χ4v) is 6.56. The van der Waals surface area contributed by atoms with Crippen molar-refractivity contribution < 1.29 is 18.0 Å². The van der Waals surface area contributed by atoms with Crippen LogP contribution in [-0.4, -0.2) is 65.5 Å². The zero-order valence-electron chi connectivity index (χ0n) is 19.0. The van der Waals surface area contributed by atoms with E-state index in [0.29, 0.717) is 25.5 Å². The molecule has 182 valence electrons. The third kappa shape index (κ3) is 4.21. The van der Waals surface area contributed by atoms with Gasteiger partial charge in [0.05, 0.1) is 12.1 Å². The highest BCUT2D eigenvalue weighted by atomic mass is 32.1. The van der Waals surface area contributed by atoms with Gasteiger partial charge in [-0.3, -0.25) is 9.69 Å². The van der Waals surface area contributed by atoms with E-state index in [1.807, 2.05) is 4.90 Å². The van der Waals surface area contributed by atoms with E-state index >= 15 is 0 Å². The lowest BCUT2D eigenvalue weighted by Crippen LogP contribution is -2.50. The molecule has 35 heavy (non-hydrogen) atoms. The molecular formula is C26H25F3N4OS. The number of nitrogens with zero attached hydrogens (tertiary/aromatic N) is 4. The summed E-state index contributed by atoms with van der Waals surface area (Å²) in [6.07, 6.45) is 0.463. The second-order valence-electron chi connectivity index (χ2n) is 9.49. The number of likely N-dealkylation sites (tertiary alicyclic amines) is 1. The summed E-state index contributed by atoms with van der Waals surface area (Å²) in [5.41, 5.74) is 1.85. The maximum atomic E-state index is 13.1. The van der Waals surface area contributed by atoms with Crippen molar-refractivity contribution in [3.8, 4) is 0 Å². The largest absolute Gasteiger partial charge is 0.417 e. The molecule has 3 aliphatic rings. The summed E-state index contributed by atoms with van der Waals surface area (Å²) in [4.78, 5) is 23.3. The molecule has 1 aromatic carbocycles. The molecule has 6 rings (SSSR count). The van der Waals surface area contributed by atoms with Crippen molar-refractivity contribution >= 4 is 38.7 Å². The first kappa shape index (κ1) is 22.5. The number of hydrogen-bond acceptors (Lipinski definition) is 5. The van der Waals surface area contributed by atoms with E-state index in [4.69, 9.17) is 0 Å². The van der Waals surface area contributed by atoms with Crippen LogP contribution < -0.4 is 4.90 Å². The third-order valence-corrected chi connectivity index (χ3v) is 8.41. The molecule has 3 aromatic rings. The number of rotatable bonds is 4. The summed E-state index contributed by atoms with van der Waals surface area (Å²) in [5.74, 6) is 0.715. The number of carbonyl (C=O) groups is 1. The van der Waals surface area contributed by atoms with Crippen LogP contribution in [0.1, 0.15) is 24.0 Å². The van der Waals surface area contributed by atoms with Gasteiger partial charge >= 0.3 is 6.18 Å². The highest BCUT2D eigenvalue weighted by molar-refractivity contribution is 7.17. The number of halogens is 3. The monoisotopic (exact) mass is 498 g/mol. The average Bonchev–Trinajstić information content (AvgIpc) is 3.59. The molecule has 5 heterocycles. The summed E-state index contributed by atoms with van der Waals surface area (Å²) in [6, 6.07) is 11.5. The van der Waals surface area contributed by atoms with Crippen LogP contribution in [0.15, 0.2) is 54.1 Å². The van der Waals surface area contributed by atoms with Gasteiger partial charge in [0.2, 0.25) is 5.91 Å². The van der Waals surface area contributed by atoms with Crippen molar-refractivity contribution in [2.24, 2.45) is 0 Å². The van der Waals surface area contributed by atoms with Crippen molar-refractivity contribution in [2.75, 3.05) is 37.6 Å². The van der Waals surface area contributed by atoms with E-state index in [1.165, 1.54) is 27.3 Å². The van der Waals surface area contributed by atoms with Crippen LogP contribution in [0, 0.1) is 0 Å². The minimum atomic E-state index is -4.38.